The Labute approximate surface area is 136 Å². The maximum atomic E-state index is 13.8. The van der Waals surface area contributed by atoms with Crippen LogP contribution in [0.25, 0.3) is 0 Å². The molecular formula is C17H24FN3O2. The number of benzene rings is 1. The van der Waals surface area contributed by atoms with Crippen molar-refractivity contribution < 1.29 is 14.0 Å². The number of likely N-dealkylation sites (tertiary alicyclic amines) is 1. The minimum atomic E-state index is -0.590. The van der Waals surface area contributed by atoms with Crippen LogP contribution in [0.1, 0.15) is 43.0 Å². The largest absolute Gasteiger partial charge is 0.352 e. The number of hydrogen-bond donors (Lipinski definition) is 2. The molecule has 0 atom stereocenters. The van der Waals surface area contributed by atoms with Crippen molar-refractivity contribution in [3.05, 3.63) is 29.6 Å². The zero-order chi connectivity index (χ0) is 16.7. The standard InChI is InChI=1S/C17H24FN3O2/c1-13(22)20-14-6-7-16(18)15(12-14)17(23)19-8-5-11-21-9-3-2-4-10-21/h6-7,12H,2-5,8-11H2,1H3,(H,19,23)(H,20,22). The first-order chi connectivity index (χ1) is 11.1. The second kappa shape index (κ2) is 8.62. The van der Waals surface area contributed by atoms with Gasteiger partial charge in [0.05, 0.1) is 5.56 Å². The third-order valence-electron chi connectivity index (χ3n) is 3.92. The van der Waals surface area contributed by atoms with Gasteiger partial charge in [0, 0.05) is 19.2 Å². The lowest BCUT2D eigenvalue weighted by Crippen LogP contribution is -2.33. The van der Waals surface area contributed by atoms with Crippen molar-refractivity contribution in [2.24, 2.45) is 0 Å². The molecule has 1 aliphatic heterocycles. The fourth-order valence-corrected chi connectivity index (χ4v) is 2.76. The maximum Gasteiger partial charge on any atom is 0.254 e. The Morgan fingerprint density at radius 1 is 1.22 bits per heavy atom. The van der Waals surface area contributed by atoms with Crippen LogP contribution >= 0.6 is 0 Å². The number of piperidine rings is 1. The van der Waals surface area contributed by atoms with Crippen LogP contribution in [0.5, 0.6) is 0 Å². The summed E-state index contributed by atoms with van der Waals surface area (Å²) in [6.07, 6.45) is 4.64. The fourth-order valence-electron chi connectivity index (χ4n) is 2.76. The highest BCUT2D eigenvalue weighted by molar-refractivity contribution is 5.97. The summed E-state index contributed by atoms with van der Waals surface area (Å²) in [6.45, 7) is 5.08. The van der Waals surface area contributed by atoms with Gasteiger partial charge in [-0.3, -0.25) is 9.59 Å². The molecule has 23 heavy (non-hydrogen) atoms. The zero-order valence-electron chi connectivity index (χ0n) is 13.5. The number of nitrogens with zero attached hydrogens (tertiary/aromatic N) is 1. The van der Waals surface area contributed by atoms with E-state index in [0.717, 1.165) is 26.1 Å². The number of anilines is 1. The fraction of sp³-hybridized carbons (Fsp3) is 0.529. The van der Waals surface area contributed by atoms with E-state index in [0.29, 0.717) is 12.2 Å². The Kier molecular flexibility index (Phi) is 6.52. The maximum absolute atomic E-state index is 13.8. The highest BCUT2D eigenvalue weighted by Crippen LogP contribution is 2.15. The summed E-state index contributed by atoms with van der Waals surface area (Å²) in [7, 11) is 0. The van der Waals surface area contributed by atoms with E-state index in [-0.39, 0.29) is 11.5 Å². The molecule has 0 aromatic heterocycles. The van der Waals surface area contributed by atoms with Crippen LogP contribution in [0.4, 0.5) is 10.1 Å². The van der Waals surface area contributed by atoms with Crippen molar-refractivity contribution in [2.45, 2.75) is 32.6 Å². The second-order valence-electron chi connectivity index (χ2n) is 5.89. The molecule has 2 amide bonds. The highest BCUT2D eigenvalue weighted by atomic mass is 19.1. The topological polar surface area (TPSA) is 61.4 Å². The van der Waals surface area contributed by atoms with Gasteiger partial charge in [0.2, 0.25) is 5.91 Å². The summed E-state index contributed by atoms with van der Waals surface area (Å²) in [6, 6.07) is 3.98. The molecule has 2 rings (SSSR count). The van der Waals surface area contributed by atoms with Gasteiger partial charge in [0.1, 0.15) is 5.82 Å². The first-order valence-corrected chi connectivity index (χ1v) is 8.14. The Bertz CT molecular complexity index is 557. The van der Waals surface area contributed by atoms with Gasteiger partial charge >= 0.3 is 0 Å². The third-order valence-corrected chi connectivity index (χ3v) is 3.92. The van der Waals surface area contributed by atoms with Gasteiger partial charge < -0.3 is 15.5 Å². The Morgan fingerprint density at radius 3 is 2.65 bits per heavy atom. The predicted octanol–water partition coefficient (Wildman–Crippen LogP) is 2.39. The lowest BCUT2D eigenvalue weighted by Gasteiger charge is -2.26. The molecule has 0 bridgehead atoms. The lowest BCUT2D eigenvalue weighted by molar-refractivity contribution is -0.114. The Morgan fingerprint density at radius 2 is 1.96 bits per heavy atom. The van der Waals surface area contributed by atoms with Crippen molar-refractivity contribution in [1.82, 2.24) is 10.2 Å². The smallest absolute Gasteiger partial charge is 0.254 e. The number of hydrogen-bond acceptors (Lipinski definition) is 3. The Balaban J connectivity index is 1.81. The SMILES string of the molecule is CC(=O)Nc1ccc(F)c(C(=O)NCCCN2CCCCC2)c1. The van der Waals surface area contributed by atoms with E-state index in [1.807, 2.05) is 0 Å². The van der Waals surface area contributed by atoms with E-state index in [9.17, 15) is 14.0 Å². The van der Waals surface area contributed by atoms with Gasteiger partial charge in [0.25, 0.3) is 5.91 Å². The number of halogens is 1. The number of rotatable bonds is 6. The quantitative estimate of drug-likeness (QED) is 0.791. The van der Waals surface area contributed by atoms with Crippen LogP contribution in [0.2, 0.25) is 0 Å². The van der Waals surface area contributed by atoms with Crippen LogP contribution in [-0.2, 0) is 4.79 Å². The molecule has 1 saturated heterocycles. The van der Waals surface area contributed by atoms with Gasteiger partial charge in [-0.1, -0.05) is 6.42 Å². The third kappa shape index (κ3) is 5.63. The van der Waals surface area contributed by atoms with Crippen molar-refractivity contribution in [3.63, 3.8) is 0 Å². The van der Waals surface area contributed by atoms with E-state index < -0.39 is 11.7 Å². The van der Waals surface area contributed by atoms with Crippen LogP contribution < -0.4 is 10.6 Å². The molecule has 1 aliphatic rings. The number of carbonyl (C=O) groups excluding carboxylic acids is 2. The van der Waals surface area contributed by atoms with Gasteiger partial charge in [-0.05, 0) is 57.1 Å². The first kappa shape index (κ1) is 17.4. The predicted molar refractivity (Wildman–Crippen MR) is 87.9 cm³/mol. The molecular weight excluding hydrogens is 297 g/mol. The zero-order valence-corrected chi connectivity index (χ0v) is 13.5. The van der Waals surface area contributed by atoms with Crippen molar-refractivity contribution in [1.29, 1.82) is 0 Å². The van der Waals surface area contributed by atoms with Crippen molar-refractivity contribution in [3.8, 4) is 0 Å². The van der Waals surface area contributed by atoms with Crippen LogP contribution in [-0.4, -0.2) is 42.9 Å². The van der Waals surface area contributed by atoms with Gasteiger partial charge in [0.15, 0.2) is 0 Å². The number of amides is 2. The molecule has 0 unspecified atom stereocenters. The van der Waals surface area contributed by atoms with Gasteiger partial charge in [-0.25, -0.2) is 4.39 Å². The summed E-state index contributed by atoms with van der Waals surface area (Å²) in [5.74, 6) is -1.30. The molecule has 6 heteroatoms. The van der Waals surface area contributed by atoms with Crippen LogP contribution in [0.3, 0.4) is 0 Å². The van der Waals surface area contributed by atoms with Gasteiger partial charge in [-0.2, -0.15) is 0 Å². The molecule has 5 nitrogen and oxygen atoms in total. The number of carbonyl (C=O) groups is 2. The summed E-state index contributed by atoms with van der Waals surface area (Å²) in [5.41, 5.74) is 0.367. The van der Waals surface area contributed by atoms with Gasteiger partial charge in [-0.15, -0.1) is 0 Å². The van der Waals surface area contributed by atoms with Crippen LogP contribution in [0.15, 0.2) is 18.2 Å². The molecule has 1 aromatic rings. The van der Waals surface area contributed by atoms with Crippen molar-refractivity contribution >= 4 is 17.5 Å². The van der Waals surface area contributed by atoms with E-state index in [2.05, 4.69) is 15.5 Å². The Hall–Kier alpha value is -1.95. The van der Waals surface area contributed by atoms with Crippen LogP contribution in [0, 0.1) is 5.82 Å². The second-order valence-corrected chi connectivity index (χ2v) is 5.89. The molecule has 0 spiro atoms. The minimum Gasteiger partial charge on any atom is -0.352 e. The molecule has 0 radical (unpaired) electrons. The first-order valence-electron chi connectivity index (χ1n) is 8.14. The summed E-state index contributed by atoms with van der Waals surface area (Å²) in [5, 5.41) is 5.29. The molecule has 0 saturated carbocycles. The highest BCUT2D eigenvalue weighted by Gasteiger charge is 2.13. The minimum absolute atomic E-state index is 0.0470. The monoisotopic (exact) mass is 321 g/mol. The average Bonchev–Trinajstić information content (AvgIpc) is 2.53. The van der Waals surface area contributed by atoms with E-state index >= 15 is 0 Å². The molecule has 126 valence electrons. The van der Waals surface area contributed by atoms with E-state index in [1.165, 1.54) is 44.4 Å². The lowest BCUT2D eigenvalue weighted by atomic mass is 10.1. The van der Waals surface area contributed by atoms with E-state index in [1.54, 1.807) is 0 Å². The average molecular weight is 321 g/mol. The van der Waals surface area contributed by atoms with Crippen molar-refractivity contribution in [2.75, 3.05) is 31.5 Å². The molecule has 1 heterocycles. The summed E-state index contributed by atoms with van der Waals surface area (Å²) < 4.78 is 13.8. The summed E-state index contributed by atoms with van der Waals surface area (Å²) in [4.78, 5) is 25.5. The number of nitrogens with one attached hydrogen (secondary N) is 2. The molecule has 1 aromatic carbocycles. The molecule has 1 fully saturated rings. The van der Waals surface area contributed by atoms with E-state index in [4.69, 9.17) is 0 Å². The normalized spacial score (nSPS) is 15.2. The molecule has 0 aliphatic carbocycles. The molecule has 2 N–H and O–H groups in total. The summed E-state index contributed by atoms with van der Waals surface area (Å²) >= 11 is 0.